The highest BCUT2D eigenvalue weighted by Gasteiger charge is 2.64. The summed E-state index contributed by atoms with van der Waals surface area (Å²) in [6, 6.07) is 9.60. The van der Waals surface area contributed by atoms with Crippen molar-refractivity contribution < 1.29 is 24.2 Å². The van der Waals surface area contributed by atoms with Gasteiger partial charge in [0.2, 0.25) is 0 Å². The summed E-state index contributed by atoms with van der Waals surface area (Å²) in [7, 11) is 0. The number of likely N-dealkylation sites (N-methyl/N-ethyl adjacent to an activating group) is 1. The molecule has 2 unspecified atom stereocenters. The van der Waals surface area contributed by atoms with Gasteiger partial charge in [-0.05, 0) is 12.1 Å². The number of rotatable bonds is 3. The zero-order chi connectivity index (χ0) is 15.0. The summed E-state index contributed by atoms with van der Waals surface area (Å²) in [6.07, 6.45) is -1.10. The van der Waals surface area contributed by atoms with Gasteiger partial charge in [0.05, 0.1) is 5.25 Å². The molecule has 21 heavy (non-hydrogen) atoms. The van der Waals surface area contributed by atoms with Crippen molar-refractivity contribution in [1.82, 2.24) is 4.90 Å². The Bertz CT molecular complexity index is 548. The van der Waals surface area contributed by atoms with Crippen molar-refractivity contribution in [1.29, 1.82) is 0 Å². The summed E-state index contributed by atoms with van der Waals surface area (Å²) >= 11 is 1.47. The Labute approximate surface area is 126 Å². The van der Waals surface area contributed by atoms with Gasteiger partial charge in [-0.1, -0.05) is 25.1 Å². The number of carbonyl (C=O) groups is 2. The van der Waals surface area contributed by atoms with Crippen LogP contribution < -0.4 is 0 Å². The molecule has 2 fully saturated rings. The molecule has 0 amide bonds. The van der Waals surface area contributed by atoms with Crippen LogP contribution in [0.25, 0.3) is 0 Å². The number of likely N-dealkylation sites (tertiary alicyclic amines) is 1. The third kappa shape index (κ3) is 2.31. The average Bonchev–Trinajstić information content (AvgIpc) is 2.92. The number of nitrogens with zero attached hydrogens (tertiary/aromatic N) is 1. The lowest BCUT2D eigenvalue weighted by atomic mass is 10.2. The Morgan fingerprint density at radius 1 is 1.29 bits per heavy atom. The summed E-state index contributed by atoms with van der Waals surface area (Å²) in [5.74, 6) is -3.79. The molecule has 0 aliphatic carbocycles. The number of aliphatic hydroxyl groups excluding tert-OH is 1. The maximum Gasteiger partial charge on any atom is 0.422 e. The van der Waals surface area contributed by atoms with Gasteiger partial charge >= 0.3 is 17.8 Å². The normalized spacial score (nSPS) is 27.9. The molecule has 3 rings (SSSR count). The number of hydrogen-bond acceptors (Lipinski definition) is 7. The fraction of sp³-hybridized carbons (Fsp3) is 0.429. The fourth-order valence-electron chi connectivity index (χ4n) is 2.61. The van der Waals surface area contributed by atoms with Crippen LogP contribution in [0.15, 0.2) is 35.2 Å². The highest BCUT2D eigenvalue weighted by molar-refractivity contribution is 8.00. The molecule has 1 aromatic rings. The largest absolute Gasteiger partial charge is 0.422 e. The quantitative estimate of drug-likeness (QED) is 0.647. The first-order valence-electron chi connectivity index (χ1n) is 6.68. The predicted octanol–water partition coefficient (Wildman–Crippen LogP) is 0.597. The van der Waals surface area contributed by atoms with Crippen LogP contribution in [0, 0.1) is 0 Å². The Morgan fingerprint density at radius 3 is 2.48 bits per heavy atom. The first-order chi connectivity index (χ1) is 10.1. The lowest BCUT2D eigenvalue weighted by molar-refractivity contribution is -0.267. The van der Waals surface area contributed by atoms with E-state index in [1.807, 2.05) is 37.3 Å². The second-order valence-electron chi connectivity index (χ2n) is 4.86. The predicted molar refractivity (Wildman–Crippen MR) is 74.3 cm³/mol. The van der Waals surface area contributed by atoms with E-state index < -0.39 is 24.0 Å². The van der Waals surface area contributed by atoms with E-state index >= 15 is 0 Å². The van der Waals surface area contributed by atoms with Crippen LogP contribution in [0.3, 0.4) is 0 Å². The van der Waals surface area contributed by atoms with Crippen LogP contribution in [0.2, 0.25) is 0 Å². The second-order valence-corrected chi connectivity index (χ2v) is 6.18. The van der Waals surface area contributed by atoms with Gasteiger partial charge in [-0.15, -0.1) is 11.8 Å². The van der Waals surface area contributed by atoms with E-state index in [4.69, 9.17) is 9.47 Å². The minimum atomic E-state index is -1.67. The van der Waals surface area contributed by atoms with Crippen LogP contribution in [-0.2, 0) is 19.1 Å². The summed E-state index contributed by atoms with van der Waals surface area (Å²) in [5, 5.41) is 10.3. The number of aliphatic hydroxyl groups is 1. The summed E-state index contributed by atoms with van der Waals surface area (Å²) < 4.78 is 10.1. The molecule has 112 valence electrons. The van der Waals surface area contributed by atoms with Crippen molar-refractivity contribution in [3.63, 3.8) is 0 Å². The minimum absolute atomic E-state index is 0.258. The molecule has 1 aromatic carbocycles. The van der Waals surface area contributed by atoms with Crippen molar-refractivity contribution in [2.45, 2.75) is 29.1 Å². The molecule has 1 spiro atoms. The summed E-state index contributed by atoms with van der Waals surface area (Å²) in [5.41, 5.74) is 0. The van der Waals surface area contributed by atoms with Gasteiger partial charge in [0.15, 0.2) is 6.10 Å². The second kappa shape index (κ2) is 5.32. The van der Waals surface area contributed by atoms with Gasteiger partial charge in [-0.2, -0.15) is 0 Å². The summed E-state index contributed by atoms with van der Waals surface area (Å²) in [6.45, 7) is 2.80. The molecule has 7 heteroatoms. The number of ether oxygens (including phenoxy) is 2. The molecule has 0 radical (unpaired) electrons. The molecule has 0 saturated carbocycles. The molecule has 0 bridgehead atoms. The number of benzene rings is 1. The summed E-state index contributed by atoms with van der Waals surface area (Å²) in [4.78, 5) is 25.4. The highest BCUT2D eigenvalue weighted by Crippen LogP contribution is 2.42. The maximum absolute atomic E-state index is 11.4. The van der Waals surface area contributed by atoms with Gasteiger partial charge < -0.3 is 14.6 Å². The van der Waals surface area contributed by atoms with Crippen molar-refractivity contribution >= 4 is 23.7 Å². The van der Waals surface area contributed by atoms with Gasteiger partial charge in [0.25, 0.3) is 0 Å². The standard InChI is InChI=1S/C14H15NO5S/c1-2-15-8-10(21-9-6-4-3-5-7-9)11(16)14(15)19-12(17)13(18)20-14/h3-7,10-11,16H,2,8H2,1H3. The highest BCUT2D eigenvalue weighted by atomic mass is 32.2. The van der Waals surface area contributed by atoms with E-state index in [0.29, 0.717) is 13.1 Å². The van der Waals surface area contributed by atoms with Gasteiger partial charge in [0.1, 0.15) is 0 Å². The zero-order valence-corrected chi connectivity index (χ0v) is 12.2. The smallest absolute Gasteiger partial charge is 0.397 e. The van der Waals surface area contributed by atoms with Gasteiger partial charge in [-0.25, -0.2) is 14.5 Å². The van der Waals surface area contributed by atoms with E-state index in [9.17, 15) is 14.7 Å². The first kappa shape index (κ1) is 14.4. The third-order valence-electron chi connectivity index (χ3n) is 3.62. The van der Waals surface area contributed by atoms with E-state index in [1.165, 1.54) is 11.8 Å². The molecular weight excluding hydrogens is 294 g/mol. The molecule has 1 N–H and O–H groups in total. The van der Waals surface area contributed by atoms with E-state index in [-0.39, 0.29) is 5.25 Å². The maximum atomic E-state index is 11.4. The van der Waals surface area contributed by atoms with Gasteiger partial charge in [-0.3, -0.25) is 0 Å². The minimum Gasteiger partial charge on any atom is -0.397 e. The first-order valence-corrected chi connectivity index (χ1v) is 7.56. The van der Waals surface area contributed by atoms with Crippen molar-refractivity contribution in [2.24, 2.45) is 0 Å². The Kier molecular flexibility index (Phi) is 3.64. The van der Waals surface area contributed by atoms with Crippen LogP contribution in [0.4, 0.5) is 0 Å². The SMILES string of the molecule is CCN1CC(Sc2ccccc2)C(O)C12OC(=O)C(=O)O2. The van der Waals surface area contributed by atoms with Crippen molar-refractivity contribution in [2.75, 3.05) is 13.1 Å². The van der Waals surface area contributed by atoms with E-state index in [1.54, 1.807) is 4.90 Å². The molecule has 2 saturated heterocycles. The molecular formula is C14H15NO5S. The zero-order valence-electron chi connectivity index (χ0n) is 11.4. The fourth-order valence-corrected chi connectivity index (χ4v) is 3.83. The topological polar surface area (TPSA) is 76.1 Å². The number of hydrogen-bond donors (Lipinski definition) is 1. The lowest BCUT2D eigenvalue weighted by Gasteiger charge is -2.31. The van der Waals surface area contributed by atoms with Crippen molar-refractivity contribution in [3.8, 4) is 0 Å². The van der Waals surface area contributed by atoms with Crippen LogP contribution in [0.1, 0.15) is 6.92 Å². The lowest BCUT2D eigenvalue weighted by Crippen LogP contribution is -2.52. The number of carbonyl (C=O) groups excluding carboxylic acids is 2. The Hall–Kier alpha value is -1.57. The molecule has 2 heterocycles. The van der Waals surface area contributed by atoms with Gasteiger partial charge in [0, 0.05) is 18.0 Å². The molecule has 6 nitrogen and oxygen atoms in total. The molecule has 2 aliphatic rings. The molecule has 0 aromatic heterocycles. The van der Waals surface area contributed by atoms with E-state index in [2.05, 4.69) is 0 Å². The van der Waals surface area contributed by atoms with Crippen molar-refractivity contribution in [3.05, 3.63) is 30.3 Å². The molecule has 2 aliphatic heterocycles. The third-order valence-corrected chi connectivity index (χ3v) is 4.88. The van der Waals surface area contributed by atoms with Crippen LogP contribution >= 0.6 is 11.8 Å². The molecule has 2 atom stereocenters. The van der Waals surface area contributed by atoms with Crippen LogP contribution in [0.5, 0.6) is 0 Å². The Balaban J connectivity index is 1.83. The Morgan fingerprint density at radius 2 is 1.90 bits per heavy atom. The van der Waals surface area contributed by atoms with Crippen LogP contribution in [-0.4, -0.2) is 52.3 Å². The number of thioether (sulfide) groups is 1. The number of esters is 2. The van der Waals surface area contributed by atoms with E-state index in [0.717, 1.165) is 4.90 Å². The average molecular weight is 309 g/mol. The monoisotopic (exact) mass is 309 g/mol.